The lowest BCUT2D eigenvalue weighted by Gasteiger charge is -2.06. The highest BCUT2D eigenvalue weighted by atomic mass is 32.1. The van der Waals surface area contributed by atoms with E-state index in [2.05, 4.69) is 57.2 Å². The Kier molecular flexibility index (Phi) is 2.97. The van der Waals surface area contributed by atoms with Gasteiger partial charge in [-0.2, -0.15) is 5.10 Å². The van der Waals surface area contributed by atoms with Gasteiger partial charge in [0.2, 0.25) is 0 Å². The summed E-state index contributed by atoms with van der Waals surface area (Å²) < 4.78 is 2.87. The van der Waals surface area contributed by atoms with Crippen LogP contribution in [0.4, 0.5) is 0 Å². The molecule has 0 amide bonds. The molecule has 0 bridgehead atoms. The van der Waals surface area contributed by atoms with Gasteiger partial charge in [0.05, 0.1) is 0 Å². The van der Waals surface area contributed by atoms with Crippen molar-refractivity contribution in [2.45, 2.75) is 18.4 Å². The molecule has 21 heavy (non-hydrogen) atoms. The Morgan fingerprint density at radius 3 is 2.38 bits per heavy atom. The Morgan fingerprint density at radius 1 is 1.00 bits per heavy atom. The predicted molar refractivity (Wildman–Crippen MR) is 85.7 cm³/mol. The van der Waals surface area contributed by atoms with Gasteiger partial charge in [0.1, 0.15) is 0 Å². The average molecular weight is 293 g/mol. The summed E-state index contributed by atoms with van der Waals surface area (Å²) in [6.45, 7) is 0. The minimum atomic E-state index is 0.411. The van der Waals surface area contributed by atoms with E-state index in [0.717, 1.165) is 17.8 Å². The Balaban J connectivity index is 1.72. The SMILES string of the molecule is S=c1[nH]nc(-c2ccccc2)n1[C@@H]1C[C@H]1c1ccccc1. The lowest BCUT2D eigenvalue weighted by Crippen LogP contribution is -1.99. The van der Waals surface area contributed by atoms with Gasteiger partial charge in [-0.1, -0.05) is 60.7 Å². The molecule has 0 saturated heterocycles. The number of nitrogens with one attached hydrogen (secondary N) is 1. The van der Waals surface area contributed by atoms with Gasteiger partial charge in [0, 0.05) is 17.5 Å². The molecule has 1 saturated carbocycles. The number of aromatic nitrogens is 3. The van der Waals surface area contributed by atoms with Gasteiger partial charge in [-0.3, -0.25) is 9.67 Å². The first kappa shape index (κ1) is 12.5. The standard InChI is InChI=1S/C17H15N3S/c21-17-19-18-16(13-9-5-2-6-10-13)20(17)15-11-14(15)12-7-3-1-4-8-12/h1-10,14-15H,11H2,(H,19,21)/t14-,15+/m0/s1. The molecular weight excluding hydrogens is 278 g/mol. The molecule has 104 valence electrons. The van der Waals surface area contributed by atoms with Crippen molar-refractivity contribution in [2.75, 3.05) is 0 Å². The van der Waals surface area contributed by atoms with Crippen molar-refractivity contribution in [1.29, 1.82) is 0 Å². The molecule has 4 rings (SSSR count). The van der Waals surface area contributed by atoms with Crippen molar-refractivity contribution in [1.82, 2.24) is 14.8 Å². The average Bonchev–Trinajstić information content (AvgIpc) is 3.24. The van der Waals surface area contributed by atoms with E-state index in [0.29, 0.717) is 16.7 Å². The monoisotopic (exact) mass is 293 g/mol. The predicted octanol–water partition coefficient (Wildman–Crippen LogP) is 4.34. The van der Waals surface area contributed by atoms with Gasteiger partial charge < -0.3 is 0 Å². The zero-order chi connectivity index (χ0) is 14.2. The molecule has 0 unspecified atom stereocenters. The van der Waals surface area contributed by atoms with E-state index in [1.807, 2.05) is 18.2 Å². The fourth-order valence-electron chi connectivity index (χ4n) is 2.93. The first-order chi connectivity index (χ1) is 10.3. The second-order valence-corrected chi connectivity index (χ2v) is 5.80. The Bertz CT molecular complexity index is 805. The van der Waals surface area contributed by atoms with Crippen molar-refractivity contribution in [3.63, 3.8) is 0 Å². The molecule has 1 aliphatic carbocycles. The number of H-pyrrole nitrogens is 1. The lowest BCUT2D eigenvalue weighted by molar-refractivity contribution is 0.711. The topological polar surface area (TPSA) is 33.6 Å². The summed E-state index contributed by atoms with van der Waals surface area (Å²) >= 11 is 5.44. The second-order valence-electron chi connectivity index (χ2n) is 5.41. The summed E-state index contributed by atoms with van der Waals surface area (Å²) in [4.78, 5) is 0. The molecule has 1 heterocycles. The Labute approximate surface area is 128 Å². The fraction of sp³-hybridized carbons (Fsp3) is 0.176. The number of nitrogens with zero attached hydrogens (tertiary/aromatic N) is 2. The summed E-state index contributed by atoms with van der Waals surface area (Å²) in [6, 6.07) is 21.2. The molecule has 3 aromatic rings. The third kappa shape index (κ3) is 2.21. The van der Waals surface area contributed by atoms with Crippen molar-refractivity contribution < 1.29 is 0 Å². The molecule has 1 N–H and O–H groups in total. The van der Waals surface area contributed by atoms with Crippen LogP contribution in [0.3, 0.4) is 0 Å². The summed E-state index contributed by atoms with van der Waals surface area (Å²) in [6.07, 6.45) is 1.12. The largest absolute Gasteiger partial charge is 0.296 e. The van der Waals surface area contributed by atoms with Crippen LogP contribution in [0.2, 0.25) is 0 Å². The van der Waals surface area contributed by atoms with Crippen molar-refractivity contribution in [3.05, 3.63) is 71.0 Å². The molecular formula is C17H15N3S. The zero-order valence-corrected chi connectivity index (χ0v) is 12.3. The highest BCUT2D eigenvalue weighted by Crippen LogP contribution is 2.52. The number of hydrogen-bond acceptors (Lipinski definition) is 2. The quantitative estimate of drug-likeness (QED) is 0.729. The number of aromatic amines is 1. The van der Waals surface area contributed by atoms with Crippen LogP contribution in [0.5, 0.6) is 0 Å². The molecule has 2 aromatic carbocycles. The van der Waals surface area contributed by atoms with Gasteiger partial charge in [-0.25, -0.2) is 0 Å². The van der Waals surface area contributed by atoms with Crippen molar-refractivity contribution >= 4 is 12.2 Å². The van der Waals surface area contributed by atoms with Gasteiger partial charge in [0.15, 0.2) is 10.6 Å². The summed E-state index contributed by atoms with van der Waals surface area (Å²) in [5.41, 5.74) is 2.48. The summed E-state index contributed by atoms with van der Waals surface area (Å²) in [7, 11) is 0. The molecule has 0 aliphatic heterocycles. The lowest BCUT2D eigenvalue weighted by atomic mass is 10.1. The van der Waals surface area contributed by atoms with E-state index < -0.39 is 0 Å². The molecule has 0 spiro atoms. The van der Waals surface area contributed by atoms with E-state index in [1.165, 1.54) is 5.56 Å². The third-order valence-corrected chi connectivity index (χ3v) is 4.34. The van der Waals surface area contributed by atoms with E-state index >= 15 is 0 Å². The van der Waals surface area contributed by atoms with Crippen molar-refractivity contribution in [3.8, 4) is 11.4 Å². The Hall–Kier alpha value is -2.20. The van der Waals surface area contributed by atoms with Gasteiger partial charge in [0.25, 0.3) is 0 Å². The fourth-order valence-corrected chi connectivity index (χ4v) is 3.20. The smallest absolute Gasteiger partial charge is 0.195 e. The molecule has 1 fully saturated rings. The van der Waals surface area contributed by atoms with Crippen LogP contribution in [-0.4, -0.2) is 14.8 Å². The normalized spacial score (nSPS) is 20.4. The minimum Gasteiger partial charge on any atom is -0.296 e. The summed E-state index contributed by atoms with van der Waals surface area (Å²) in [5.74, 6) is 1.47. The van der Waals surface area contributed by atoms with Crippen LogP contribution in [0.1, 0.15) is 23.9 Å². The van der Waals surface area contributed by atoms with Gasteiger partial charge >= 0.3 is 0 Å². The van der Waals surface area contributed by atoms with Gasteiger partial charge in [-0.15, -0.1) is 0 Å². The molecule has 4 heteroatoms. The molecule has 1 aromatic heterocycles. The number of hydrogen-bond donors (Lipinski definition) is 1. The maximum Gasteiger partial charge on any atom is 0.195 e. The number of rotatable bonds is 3. The third-order valence-electron chi connectivity index (χ3n) is 4.05. The highest BCUT2D eigenvalue weighted by Gasteiger charge is 2.41. The van der Waals surface area contributed by atoms with Gasteiger partial charge in [-0.05, 0) is 24.2 Å². The van der Waals surface area contributed by atoms with E-state index in [9.17, 15) is 0 Å². The second kappa shape index (κ2) is 4.97. The molecule has 0 radical (unpaired) electrons. The van der Waals surface area contributed by atoms with Crippen LogP contribution < -0.4 is 0 Å². The molecule has 3 nitrogen and oxygen atoms in total. The first-order valence-corrected chi connectivity index (χ1v) is 7.52. The minimum absolute atomic E-state index is 0.411. The molecule has 1 aliphatic rings. The first-order valence-electron chi connectivity index (χ1n) is 7.12. The highest BCUT2D eigenvalue weighted by molar-refractivity contribution is 7.71. The Morgan fingerprint density at radius 2 is 1.67 bits per heavy atom. The molecule has 2 atom stereocenters. The van der Waals surface area contributed by atoms with Crippen LogP contribution >= 0.6 is 12.2 Å². The van der Waals surface area contributed by atoms with E-state index in [4.69, 9.17) is 12.2 Å². The van der Waals surface area contributed by atoms with Crippen molar-refractivity contribution in [2.24, 2.45) is 0 Å². The van der Waals surface area contributed by atoms with E-state index in [1.54, 1.807) is 0 Å². The van der Waals surface area contributed by atoms with Crippen LogP contribution in [0, 0.1) is 4.77 Å². The van der Waals surface area contributed by atoms with Crippen LogP contribution in [-0.2, 0) is 0 Å². The van der Waals surface area contributed by atoms with Crippen LogP contribution in [0.15, 0.2) is 60.7 Å². The maximum absolute atomic E-state index is 5.44. The summed E-state index contributed by atoms with van der Waals surface area (Å²) in [5, 5.41) is 7.37. The van der Waals surface area contributed by atoms with Crippen LogP contribution in [0.25, 0.3) is 11.4 Å². The van der Waals surface area contributed by atoms with E-state index in [-0.39, 0.29) is 0 Å². The number of benzene rings is 2. The zero-order valence-electron chi connectivity index (χ0n) is 11.4. The maximum atomic E-state index is 5.44.